The molecule has 0 saturated heterocycles. The van der Waals surface area contributed by atoms with E-state index >= 15 is 0 Å². The van der Waals surface area contributed by atoms with E-state index in [0.29, 0.717) is 6.07 Å². The van der Waals surface area contributed by atoms with Crippen molar-refractivity contribution in [1.82, 2.24) is 0 Å². The molecule has 0 atom stereocenters. The number of benzene rings is 1. The fourth-order valence-electron chi connectivity index (χ4n) is 1.06. The van der Waals surface area contributed by atoms with Crippen molar-refractivity contribution in [2.45, 2.75) is 25.6 Å². The second kappa shape index (κ2) is 4.52. The van der Waals surface area contributed by atoms with E-state index in [2.05, 4.69) is 0 Å². The summed E-state index contributed by atoms with van der Waals surface area (Å²) in [7, 11) is 0. The first-order chi connectivity index (χ1) is 7.59. The maximum Gasteiger partial charge on any atom is 0.416 e. The van der Waals surface area contributed by atoms with Gasteiger partial charge < -0.3 is 10.5 Å². The molecule has 0 aliphatic rings. The predicted molar refractivity (Wildman–Crippen MR) is 55.2 cm³/mol. The molecule has 0 aliphatic carbocycles. The lowest BCUT2D eigenvalue weighted by molar-refractivity contribution is -0.137. The van der Waals surface area contributed by atoms with Crippen LogP contribution in [0.2, 0.25) is 0 Å². The van der Waals surface area contributed by atoms with Crippen molar-refractivity contribution in [1.29, 1.82) is 0 Å². The van der Waals surface area contributed by atoms with Crippen LogP contribution in [0.1, 0.15) is 19.4 Å². The summed E-state index contributed by atoms with van der Waals surface area (Å²) in [6.45, 7) is 3.33. The average Bonchev–Trinajstić information content (AvgIpc) is 2.12. The molecule has 1 rings (SSSR count). The predicted octanol–water partition coefficient (Wildman–Crippen LogP) is 2.96. The van der Waals surface area contributed by atoms with E-state index in [4.69, 9.17) is 10.5 Å². The molecule has 17 heavy (non-hydrogen) atoms. The van der Waals surface area contributed by atoms with Gasteiger partial charge in [-0.3, -0.25) is 0 Å². The topological polar surface area (TPSA) is 35.2 Å². The zero-order valence-electron chi connectivity index (χ0n) is 9.44. The normalized spacial score (nSPS) is 12.6. The fraction of sp³-hybridized carbons (Fsp3) is 0.455. The molecule has 0 radical (unpaired) electrons. The molecule has 0 spiro atoms. The number of alkyl halides is 3. The molecule has 0 aromatic heterocycles. The second-order valence-electron chi connectivity index (χ2n) is 4.42. The highest BCUT2D eigenvalue weighted by molar-refractivity contribution is 5.30. The Bertz CT molecular complexity index is 395. The zero-order valence-corrected chi connectivity index (χ0v) is 9.44. The van der Waals surface area contributed by atoms with Crippen molar-refractivity contribution in [3.8, 4) is 5.75 Å². The van der Waals surface area contributed by atoms with Crippen molar-refractivity contribution in [3.63, 3.8) is 0 Å². The maximum absolute atomic E-state index is 13.3. The largest absolute Gasteiger partial charge is 0.489 e. The van der Waals surface area contributed by atoms with Crippen LogP contribution < -0.4 is 10.5 Å². The highest BCUT2D eigenvalue weighted by atomic mass is 19.4. The first kappa shape index (κ1) is 13.8. The first-order valence-corrected chi connectivity index (χ1v) is 4.88. The molecule has 2 nitrogen and oxygen atoms in total. The van der Waals surface area contributed by atoms with E-state index in [1.807, 2.05) is 0 Å². The van der Waals surface area contributed by atoms with Crippen LogP contribution in [0, 0.1) is 5.82 Å². The minimum atomic E-state index is -4.56. The number of hydrogen-bond donors (Lipinski definition) is 1. The Labute approximate surface area is 96.4 Å². The number of nitrogens with two attached hydrogens (primary N) is 1. The monoisotopic (exact) mass is 251 g/mol. The summed E-state index contributed by atoms with van der Waals surface area (Å²) in [4.78, 5) is 0. The average molecular weight is 251 g/mol. The van der Waals surface area contributed by atoms with Crippen LogP contribution in [-0.4, -0.2) is 12.1 Å². The van der Waals surface area contributed by atoms with Gasteiger partial charge in [0.05, 0.1) is 5.56 Å². The van der Waals surface area contributed by atoms with Gasteiger partial charge in [-0.15, -0.1) is 0 Å². The highest BCUT2D eigenvalue weighted by Gasteiger charge is 2.31. The Morgan fingerprint density at radius 1 is 1.24 bits per heavy atom. The first-order valence-electron chi connectivity index (χ1n) is 4.88. The molecule has 0 heterocycles. The molecule has 96 valence electrons. The van der Waals surface area contributed by atoms with E-state index in [0.717, 1.165) is 12.1 Å². The summed E-state index contributed by atoms with van der Waals surface area (Å²) in [6.07, 6.45) is -4.56. The van der Waals surface area contributed by atoms with Crippen molar-refractivity contribution in [2.24, 2.45) is 5.73 Å². The van der Waals surface area contributed by atoms with Gasteiger partial charge >= 0.3 is 6.18 Å². The van der Waals surface area contributed by atoms with Crippen LogP contribution in [-0.2, 0) is 6.18 Å². The summed E-state index contributed by atoms with van der Waals surface area (Å²) < 4.78 is 55.0. The number of rotatable bonds is 3. The third-order valence-corrected chi connectivity index (χ3v) is 1.86. The molecular weight excluding hydrogens is 238 g/mol. The van der Waals surface area contributed by atoms with Crippen molar-refractivity contribution in [2.75, 3.05) is 6.61 Å². The third kappa shape index (κ3) is 4.22. The van der Waals surface area contributed by atoms with Gasteiger partial charge in [-0.05, 0) is 32.0 Å². The number of halogens is 4. The summed E-state index contributed by atoms with van der Waals surface area (Å²) in [5, 5.41) is 0. The molecular formula is C11H13F4NO. The van der Waals surface area contributed by atoms with Crippen LogP contribution in [0.15, 0.2) is 18.2 Å². The quantitative estimate of drug-likeness (QED) is 0.838. The van der Waals surface area contributed by atoms with Gasteiger partial charge in [0, 0.05) is 5.54 Å². The molecule has 2 N–H and O–H groups in total. The van der Waals surface area contributed by atoms with Gasteiger partial charge in [0.1, 0.15) is 6.61 Å². The lowest BCUT2D eigenvalue weighted by atomic mass is 10.1. The SMILES string of the molecule is CC(C)(N)COc1ccc(C(F)(F)F)cc1F. The van der Waals surface area contributed by atoms with Crippen LogP contribution in [0.25, 0.3) is 0 Å². The van der Waals surface area contributed by atoms with E-state index in [9.17, 15) is 17.6 Å². The Morgan fingerprint density at radius 2 is 1.82 bits per heavy atom. The molecule has 1 aromatic carbocycles. The van der Waals surface area contributed by atoms with Gasteiger partial charge in [0.2, 0.25) is 0 Å². The van der Waals surface area contributed by atoms with Crippen LogP contribution in [0.4, 0.5) is 17.6 Å². The molecule has 0 saturated carbocycles. The molecule has 0 fully saturated rings. The van der Waals surface area contributed by atoms with Gasteiger partial charge in [-0.25, -0.2) is 4.39 Å². The molecule has 0 unspecified atom stereocenters. The van der Waals surface area contributed by atoms with Gasteiger partial charge in [0.25, 0.3) is 0 Å². The number of ether oxygens (including phenoxy) is 1. The van der Waals surface area contributed by atoms with Gasteiger partial charge in [-0.1, -0.05) is 0 Å². The zero-order chi connectivity index (χ0) is 13.3. The van der Waals surface area contributed by atoms with E-state index in [1.165, 1.54) is 0 Å². The van der Waals surface area contributed by atoms with Crippen molar-refractivity contribution >= 4 is 0 Å². The Balaban J connectivity index is 2.84. The molecule has 0 bridgehead atoms. The highest BCUT2D eigenvalue weighted by Crippen LogP contribution is 2.31. The van der Waals surface area contributed by atoms with Crippen LogP contribution in [0.3, 0.4) is 0 Å². The maximum atomic E-state index is 13.3. The van der Waals surface area contributed by atoms with Crippen LogP contribution in [0.5, 0.6) is 5.75 Å². The van der Waals surface area contributed by atoms with Crippen LogP contribution >= 0.6 is 0 Å². The molecule has 0 aliphatic heterocycles. The van der Waals surface area contributed by atoms with Gasteiger partial charge in [0.15, 0.2) is 11.6 Å². The van der Waals surface area contributed by atoms with Crippen molar-refractivity contribution < 1.29 is 22.3 Å². The summed E-state index contributed by atoms with van der Waals surface area (Å²) in [5.74, 6) is -1.29. The summed E-state index contributed by atoms with van der Waals surface area (Å²) in [5.41, 5.74) is 3.87. The minimum absolute atomic E-state index is 0.00921. The fourth-order valence-corrected chi connectivity index (χ4v) is 1.06. The van der Waals surface area contributed by atoms with Crippen molar-refractivity contribution in [3.05, 3.63) is 29.6 Å². The lowest BCUT2D eigenvalue weighted by Crippen LogP contribution is -2.38. The summed E-state index contributed by atoms with van der Waals surface area (Å²) >= 11 is 0. The molecule has 0 amide bonds. The smallest absolute Gasteiger partial charge is 0.416 e. The summed E-state index contributed by atoms with van der Waals surface area (Å²) in [6, 6.07) is 2.12. The Kier molecular flexibility index (Phi) is 3.66. The Hall–Kier alpha value is -1.30. The number of hydrogen-bond acceptors (Lipinski definition) is 2. The minimum Gasteiger partial charge on any atom is -0.489 e. The molecule has 6 heteroatoms. The second-order valence-corrected chi connectivity index (χ2v) is 4.42. The Morgan fingerprint density at radius 3 is 2.24 bits per heavy atom. The van der Waals surface area contributed by atoms with E-state index in [-0.39, 0.29) is 12.4 Å². The third-order valence-electron chi connectivity index (χ3n) is 1.86. The lowest BCUT2D eigenvalue weighted by Gasteiger charge is -2.19. The standard InChI is InChI=1S/C11H13F4NO/c1-10(2,16)6-17-9-4-3-7(5-8(9)12)11(13,14)15/h3-5H,6,16H2,1-2H3. The van der Waals surface area contributed by atoms with Gasteiger partial charge in [-0.2, -0.15) is 13.2 Å². The van der Waals surface area contributed by atoms with E-state index in [1.54, 1.807) is 13.8 Å². The molecule has 1 aromatic rings. The van der Waals surface area contributed by atoms with E-state index < -0.39 is 23.1 Å².